The van der Waals surface area contributed by atoms with Crippen LogP contribution in [0.1, 0.15) is 13.3 Å². The minimum atomic E-state index is -0.263. The minimum Gasteiger partial charge on any atom is -0.378 e. The van der Waals surface area contributed by atoms with Crippen molar-refractivity contribution in [1.82, 2.24) is 10.2 Å². The maximum atomic E-state index is 11.4. The first-order valence-electron chi connectivity index (χ1n) is 6.07. The standard InChI is InChI=1S/C11H21N3O2/c1-2-8-5-13-6-9(8)14-3-4-16-7-10(14)11(12)15/h8-10,13H,2-7H2,1H3,(H2,12,15). The number of rotatable bonds is 3. The lowest BCUT2D eigenvalue weighted by atomic mass is 9.97. The van der Waals surface area contributed by atoms with E-state index in [1.165, 1.54) is 0 Å². The van der Waals surface area contributed by atoms with Gasteiger partial charge in [0.25, 0.3) is 0 Å². The van der Waals surface area contributed by atoms with Crippen LogP contribution < -0.4 is 11.1 Å². The molecule has 3 N–H and O–H groups in total. The number of nitrogens with one attached hydrogen (secondary N) is 1. The summed E-state index contributed by atoms with van der Waals surface area (Å²) in [6, 6.07) is 0.194. The fraction of sp³-hybridized carbons (Fsp3) is 0.909. The van der Waals surface area contributed by atoms with Gasteiger partial charge in [0.1, 0.15) is 6.04 Å². The Labute approximate surface area is 96.3 Å². The van der Waals surface area contributed by atoms with Crippen LogP contribution in [0.5, 0.6) is 0 Å². The monoisotopic (exact) mass is 227 g/mol. The van der Waals surface area contributed by atoms with E-state index in [0.717, 1.165) is 26.1 Å². The predicted molar refractivity (Wildman–Crippen MR) is 60.9 cm³/mol. The summed E-state index contributed by atoms with van der Waals surface area (Å²) in [6.07, 6.45) is 1.14. The molecule has 2 aliphatic heterocycles. The third-order valence-corrected chi connectivity index (χ3v) is 3.75. The Hall–Kier alpha value is -0.650. The summed E-state index contributed by atoms with van der Waals surface area (Å²) >= 11 is 0. The van der Waals surface area contributed by atoms with Crippen molar-refractivity contribution >= 4 is 5.91 Å². The number of amides is 1. The average Bonchev–Trinajstić information content (AvgIpc) is 2.76. The molecule has 5 heteroatoms. The molecule has 16 heavy (non-hydrogen) atoms. The van der Waals surface area contributed by atoms with Gasteiger partial charge in [-0.1, -0.05) is 13.3 Å². The van der Waals surface area contributed by atoms with Crippen LogP contribution in [0.3, 0.4) is 0 Å². The van der Waals surface area contributed by atoms with Gasteiger partial charge in [-0.25, -0.2) is 0 Å². The molecule has 0 aromatic rings. The SMILES string of the molecule is CCC1CNCC1N1CCOCC1C(N)=O. The van der Waals surface area contributed by atoms with Crippen LogP contribution >= 0.6 is 0 Å². The maximum Gasteiger partial charge on any atom is 0.237 e. The van der Waals surface area contributed by atoms with Crippen molar-refractivity contribution in [2.75, 3.05) is 32.8 Å². The Morgan fingerprint density at radius 1 is 1.56 bits per heavy atom. The minimum absolute atomic E-state index is 0.243. The van der Waals surface area contributed by atoms with Gasteiger partial charge in [0.2, 0.25) is 5.91 Å². The van der Waals surface area contributed by atoms with E-state index in [9.17, 15) is 4.79 Å². The lowest BCUT2D eigenvalue weighted by molar-refractivity contribution is -0.131. The van der Waals surface area contributed by atoms with Crippen LogP contribution in [-0.2, 0) is 9.53 Å². The number of hydrogen-bond donors (Lipinski definition) is 2. The second-order valence-electron chi connectivity index (χ2n) is 4.62. The molecule has 5 nitrogen and oxygen atoms in total. The van der Waals surface area contributed by atoms with Crippen LogP contribution in [0.25, 0.3) is 0 Å². The van der Waals surface area contributed by atoms with Crippen LogP contribution in [0.2, 0.25) is 0 Å². The zero-order chi connectivity index (χ0) is 11.5. The normalized spacial score (nSPS) is 36.4. The summed E-state index contributed by atoms with van der Waals surface area (Å²) in [6.45, 7) is 6.17. The van der Waals surface area contributed by atoms with Crippen LogP contribution in [-0.4, -0.2) is 55.7 Å². The number of morpholine rings is 1. The first kappa shape index (κ1) is 11.8. The van der Waals surface area contributed by atoms with Gasteiger partial charge in [-0.05, 0) is 12.5 Å². The molecule has 0 aromatic heterocycles. The van der Waals surface area contributed by atoms with E-state index in [2.05, 4.69) is 17.1 Å². The molecule has 2 heterocycles. The number of carbonyl (C=O) groups excluding carboxylic acids is 1. The summed E-state index contributed by atoms with van der Waals surface area (Å²) in [5.41, 5.74) is 5.43. The highest BCUT2D eigenvalue weighted by atomic mass is 16.5. The first-order chi connectivity index (χ1) is 7.74. The summed E-state index contributed by atoms with van der Waals surface area (Å²) in [7, 11) is 0. The molecule has 2 fully saturated rings. The predicted octanol–water partition coefficient (Wildman–Crippen LogP) is -0.829. The Bertz CT molecular complexity index is 260. The van der Waals surface area contributed by atoms with E-state index >= 15 is 0 Å². The molecule has 0 aromatic carbocycles. The van der Waals surface area contributed by atoms with Crippen molar-refractivity contribution < 1.29 is 9.53 Å². The van der Waals surface area contributed by atoms with E-state index in [-0.39, 0.29) is 11.9 Å². The van der Waals surface area contributed by atoms with Gasteiger partial charge in [-0.3, -0.25) is 9.69 Å². The molecule has 1 amide bonds. The number of ether oxygens (including phenoxy) is 1. The van der Waals surface area contributed by atoms with Crippen molar-refractivity contribution in [1.29, 1.82) is 0 Å². The zero-order valence-corrected chi connectivity index (χ0v) is 9.82. The highest BCUT2D eigenvalue weighted by Gasteiger charge is 2.38. The smallest absolute Gasteiger partial charge is 0.237 e. The van der Waals surface area contributed by atoms with Crippen LogP contribution in [0, 0.1) is 5.92 Å². The Kier molecular flexibility index (Phi) is 3.78. The molecule has 92 valence electrons. The topological polar surface area (TPSA) is 67.6 Å². The second kappa shape index (κ2) is 5.12. The van der Waals surface area contributed by atoms with Gasteiger partial charge in [-0.2, -0.15) is 0 Å². The van der Waals surface area contributed by atoms with Gasteiger partial charge in [0, 0.05) is 19.1 Å². The highest BCUT2D eigenvalue weighted by molar-refractivity contribution is 5.80. The summed E-state index contributed by atoms with van der Waals surface area (Å²) in [4.78, 5) is 13.6. The maximum absolute atomic E-state index is 11.4. The molecule has 3 atom stereocenters. The fourth-order valence-corrected chi connectivity index (χ4v) is 2.78. The Morgan fingerprint density at radius 2 is 2.38 bits per heavy atom. The number of primary amides is 1. The average molecular weight is 227 g/mol. The number of nitrogens with two attached hydrogens (primary N) is 1. The van der Waals surface area contributed by atoms with E-state index in [1.807, 2.05) is 0 Å². The summed E-state index contributed by atoms with van der Waals surface area (Å²) in [5, 5.41) is 3.40. The number of hydrogen-bond acceptors (Lipinski definition) is 4. The van der Waals surface area contributed by atoms with Crippen molar-refractivity contribution in [3.63, 3.8) is 0 Å². The third kappa shape index (κ3) is 2.21. The fourth-order valence-electron chi connectivity index (χ4n) is 2.78. The lowest BCUT2D eigenvalue weighted by Crippen LogP contribution is -2.58. The first-order valence-corrected chi connectivity index (χ1v) is 6.07. The van der Waals surface area contributed by atoms with Gasteiger partial charge < -0.3 is 15.8 Å². The Balaban J connectivity index is 2.07. The van der Waals surface area contributed by atoms with Gasteiger partial charge in [0.15, 0.2) is 0 Å². The molecule has 0 saturated carbocycles. The van der Waals surface area contributed by atoms with Crippen molar-refractivity contribution in [2.45, 2.75) is 25.4 Å². The third-order valence-electron chi connectivity index (χ3n) is 3.75. The number of nitrogens with zero attached hydrogens (tertiary/aromatic N) is 1. The number of carbonyl (C=O) groups is 1. The van der Waals surface area contributed by atoms with Gasteiger partial charge >= 0.3 is 0 Å². The highest BCUT2D eigenvalue weighted by Crippen LogP contribution is 2.22. The van der Waals surface area contributed by atoms with Gasteiger partial charge in [0.05, 0.1) is 13.2 Å². The van der Waals surface area contributed by atoms with Crippen LogP contribution in [0.15, 0.2) is 0 Å². The molecule has 0 bridgehead atoms. The molecule has 3 unspecified atom stereocenters. The molecule has 2 rings (SSSR count). The van der Waals surface area contributed by atoms with Gasteiger partial charge in [-0.15, -0.1) is 0 Å². The quantitative estimate of drug-likeness (QED) is 0.660. The zero-order valence-electron chi connectivity index (χ0n) is 9.82. The van der Waals surface area contributed by atoms with E-state index < -0.39 is 0 Å². The summed E-state index contributed by atoms with van der Waals surface area (Å²) in [5.74, 6) is 0.362. The molecule has 2 saturated heterocycles. The van der Waals surface area contributed by atoms with E-state index in [0.29, 0.717) is 25.2 Å². The largest absolute Gasteiger partial charge is 0.378 e. The molecule has 0 aliphatic carbocycles. The molecule has 0 spiro atoms. The second-order valence-corrected chi connectivity index (χ2v) is 4.62. The molecular weight excluding hydrogens is 206 g/mol. The van der Waals surface area contributed by atoms with E-state index in [1.54, 1.807) is 0 Å². The van der Waals surface area contributed by atoms with Crippen LogP contribution in [0.4, 0.5) is 0 Å². The molecule has 0 radical (unpaired) electrons. The lowest BCUT2D eigenvalue weighted by Gasteiger charge is -2.39. The summed E-state index contributed by atoms with van der Waals surface area (Å²) < 4.78 is 5.34. The Morgan fingerprint density at radius 3 is 3.06 bits per heavy atom. The van der Waals surface area contributed by atoms with E-state index in [4.69, 9.17) is 10.5 Å². The van der Waals surface area contributed by atoms with Crippen molar-refractivity contribution in [3.05, 3.63) is 0 Å². The molecule has 2 aliphatic rings. The molecular formula is C11H21N3O2. The van der Waals surface area contributed by atoms with Crippen molar-refractivity contribution in [2.24, 2.45) is 11.7 Å². The van der Waals surface area contributed by atoms with Crippen molar-refractivity contribution in [3.8, 4) is 0 Å².